The zero-order valence-electron chi connectivity index (χ0n) is 49.1. The van der Waals surface area contributed by atoms with Gasteiger partial charge in [0.1, 0.15) is 0 Å². The molecule has 0 rings (SSSR count). The standard InChI is InChI=1S/C67H127NO5/c1-3-5-7-9-11-13-15-17-19-21-22-23-24-25-28-31-35-39-43-47-51-55-59-65(70)64(63-69)68-66(71)60-56-52-48-44-40-36-32-29-26-30-34-38-42-46-50-54-58-62-73-67(72)61-57-53-49-45-41-37-33-27-20-18-16-14-12-10-8-6-4-2/h12,14,18,20,26,30,64-65,69-70H,3-11,13,15-17,19,21-25,27-29,31-63H2,1-2H3,(H,68,71)/b14-12-,20-18-,30-26-. The molecule has 6 nitrogen and oxygen atoms in total. The number of nitrogens with one attached hydrogen (secondary N) is 1. The zero-order valence-corrected chi connectivity index (χ0v) is 49.1. The predicted octanol–water partition coefficient (Wildman–Crippen LogP) is 20.8. The van der Waals surface area contributed by atoms with E-state index in [1.54, 1.807) is 0 Å². The summed E-state index contributed by atoms with van der Waals surface area (Å²) in [7, 11) is 0. The Hall–Kier alpha value is -1.92. The van der Waals surface area contributed by atoms with E-state index in [1.165, 1.54) is 257 Å². The minimum absolute atomic E-state index is 0.00894. The Balaban J connectivity index is 3.45. The topological polar surface area (TPSA) is 95.9 Å². The highest BCUT2D eigenvalue weighted by molar-refractivity contribution is 5.76. The summed E-state index contributed by atoms with van der Waals surface area (Å²) in [5.74, 6) is -0.0530. The van der Waals surface area contributed by atoms with Gasteiger partial charge in [-0.25, -0.2) is 0 Å². The third-order valence-corrected chi connectivity index (χ3v) is 15.2. The van der Waals surface area contributed by atoms with Crippen molar-refractivity contribution in [1.82, 2.24) is 5.32 Å². The lowest BCUT2D eigenvalue weighted by molar-refractivity contribution is -0.143. The first kappa shape index (κ1) is 71.1. The van der Waals surface area contributed by atoms with Gasteiger partial charge < -0.3 is 20.3 Å². The van der Waals surface area contributed by atoms with E-state index < -0.39 is 12.1 Å². The summed E-state index contributed by atoms with van der Waals surface area (Å²) in [6.07, 6.45) is 78.7. The van der Waals surface area contributed by atoms with Crippen molar-refractivity contribution >= 4 is 11.9 Å². The van der Waals surface area contributed by atoms with Gasteiger partial charge in [0, 0.05) is 12.8 Å². The summed E-state index contributed by atoms with van der Waals surface area (Å²) in [5.41, 5.74) is 0. The number of esters is 1. The van der Waals surface area contributed by atoms with E-state index in [9.17, 15) is 19.8 Å². The molecule has 0 aliphatic heterocycles. The molecule has 6 heteroatoms. The highest BCUT2D eigenvalue weighted by atomic mass is 16.5. The Kier molecular flexibility index (Phi) is 61.0. The number of rotatable bonds is 61. The van der Waals surface area contributed by atoms with Gasteiger partial charge in [0.05, 0.1) is 25.4 Å². The van der Waals surface area contributed by atoms with Crippen LogP contribution < -0.4 is 5.32 Å². The molecular weight excluding hydrogens is 899 g/mol. The van der Waals surface area contributed by atoms with Crippen LogP contribution in [0.1, 0.15) is 354 Å². The van der Waals surface area contributed by atoms with Crippen LogP contribution in [0.25, 0.3) is 0 Å². The maximum Gasteiger partial charge on any atom is 0.305 e. The number of aliphatic hydroxyl groups is 2. The summed E-state index contributed by atoms with van der Waals surface area (Å²) in [6, 6.07) is -0.552. The molecule has 3 N–H and O–H groups in total. The van der Waals surface area contributed by atoms with Crippen LogP contribution in [0.5, 0.6) is 0 Å². The number of ether oxygens (including phenoxy) is 1. The Labute approximate surface area is 455 Å². The average Bonchev–Trinajstić information content (AvgIpc) is 3.39. The second kappa shape index (κ2) is 62.6. The van der Waals surface area contributed by atoms with Crippen LogP contribution in [-0.4, -0.2) is 47.4 Å². The van der Waals surface area contributed by atoms with E-state index in [4.69, 9.17) is 4.74 Å². The minimum Gasteiger partial charge on any atom is -0.466 e. The fraction of sp³-hybridized carbons (Fsp3) is 0.881. The number of carbonyl (C=O) groups excluding carboxylic acids is 2. The largest absolute Gasteiger partial charge is 0.466 e. The normalized spacial score (nSPS) is 12.8. The third kappa shape index (κ3) is 59.2. The Morgan fingerprint density at radius 1 is 0.384 bits per heavy atom. The first-order valence-corrected chi connectivity index (χ1v) is 32.7. The van der Waals surface area contributed by atoms with Crippen LogP contribution in [0.4, 0.5) is 0 Å². The monoisotopic (exact) mass is 1030 g/mol. The van der Waals surface area contributed by atoms with Gasteiger partial charge in [-0.1, -0.05) is 294 Å². The molecule has 1 amide bonds. The Morgan fingerprint density at radius 2 is 0.685 bits per heavy atom. The third-order valence-electron chi connectivity index (χ3n) is 15.2. The van der Waals surface area contributed by atoms with Crippen LogP contribution in [0.15, 0.2) is 36.5 Å². The predicted molar refractivity (Wildman–Crippen MR) is 319 cm³/mol. The first-order chi connectivity index (χ1) is 36.0. The molecule has 0 spiro atoms. The molecule has 0 bridgehead atoms. The van der Waals surface area contributed by atoms with Gasteiger partial charge in [-0.15, -0.1) is 0 Å². The van der Waals surface area contributed by atoms with Crippen molar-refractivity contribution in [1.29, 1.82) is 0 Å². The SMILES string of the molecule is CCCCC/C=C\C/C=C\CCCCCCCCCC(=O)OCCCCCCCC/C=C\CCCCCCCCCC(=O)NC(CO)C(O)CCCCCCCCCCCCCCCCCCCCCCCC. The summed E-state index contributed by atoms with van der Waals surface area (Å²) >= 11 is 0. The fourth-order valence-corrected chi connectivity index (χ4v) is 10.1. The van der Waals surface area contributed by atoms with Crippen molar-refractivity contribution in [3.8, 4) is 0 Å². The van der Waals surface area contributed by atoms with E-state index in [2.05, 4.69) is 55.6 Å². The van der Waals surface area contributed by atoms with Gasteiger partial charge in [0.25, 0.3) is 0 Å². The second-order valence-electron chi connectivity index (χ2n) is 22.4. The molecule has 73 heavy (non-hydrogen) atoms. The van der Waals surface area contributed by atoms with Gasteiger partial charge in [-0.2, -0.15) is 0 Å². The lowest BCUT2D eigenvalue weighted by Gasteiger charge is -2.22. The smallest absolute Gasteiger partial charge is 0.305 e. The highest BCUT2D eigenvalue weighted by Gasteiger charge is 2.20. The lowest BCUT2D eigenvalue weighted by atomic mass is 10.0. The molecule has 0 aromatic heterocycles. The molecule has 430 valence electrons. The molecule has 0 fully saturated rings. The average molecular weight is 1030 g/mol. The molecule has 0 heterocycles. The van der Waals surface area contributed by atoms with E-state index in [0.717, 1.165) is 64.2 Å². The van der Waals surface area contributed by atoms with Crippen LogP contribution >= 0.6 is 0 Å². The van der Waals surface area contributed by atoms with E-state index >= 15 is 0 Å². The molecule has 0 aromatic carbocycles. The minimum atomic E-state index is -0.674. The number of amides is 1. The van der Waals surface area contributed by atoms with Gasteiger partial charge in [0.15, 0.2) is 0 Å². The summed E-state index contributed by atoms with van der Waals surface area (Å²) in [5, 5.41) is 23.4. The molecular formula is C67H127NO5. The Bertz CT molecular complexity index is 1180. The first-order valence-electron chi connectivity index (χ1n) is 32.7. The maximum absolute atomic E-state index is 12.5. The number of hydrogen-bond acceptors (Lipinski definition) is 5. The van der Waals surface area contributed by atoms with Gasteiger partial charge in [-0.3, -0.25) is 9.59 Å². The molecule has 0 saturated carbocycles. The Morgan fingerprint density at radius 3 is 1.08 bits per heavy atom. The summed E-state index contributed by atoms with van der Waals surface area (Å²) in [4.78, 5) is 24.6. The quantitative estimate of drug-likeness (QED) is 0.0320. The second-order valence-corrected chi connectivity index (χ2v) is 22.4. The summed E-state index contributed by atoms with van der Waals surface area (Å²) in [6.45, 7) is 4.93. The number of hydrogen-bond donors (Lipinski definition) is 3. The molecule has 2 unspecified atom stereocenters. The van der Waals surface area contributed by atoms with Crippen molar-refractivity contribution in [2.75, 3.05) is 13.2 Å². The maximum atomic E-state index is 12.5. The zero-order chi connectivity index (χ0) is 52.9. The molecule has 0 aliphatic rings. The molecule has 2 atom stereocenters. The number of allylic oxidation sites excluding steroid dienone is 6. The lowest BCUT2D eigenvalue weighted by Crippen LogP contribution is -2.45. The van der Waals surface area contributed by atoms with Crippen molar-refractivity contribution < 1.29 is 24.5 Å². The van der Waals surface area contributed by atoms with E-state index in [1.807, 2.05) is 0 Å². The fourth-order valence-electron chi connectivity index (χ4n) is 10.1. The van der Waals surface area contributed by atoms with E-state index in [-0.39, 0.29) is 18.5 Å². The van der Waals surface area contributed by atoms with Crippen LogP contribution in [0.2, 0.25) is 0 Å². The number of carbonyl (C=O) groups is 2. The molecule has 0 aromatic rings. The van der Waals surface area contributed by atoms with Crippen LogP contribution in [0.3, 0.4) is 0 Å². The molecule has 0 radical (unpaired) electrons. The van der Waals surface area contributed by atoms with Crippen molar-refractivity contribution in [2.45, 2.75) is 366 Å². The van der Waals surface area contributed by atoms with Crippen molar-refractivity contribution in [3.63, 3.8) is 0 Å². The summed E-state index contributed by atoms with van der Waals surface area (Å²) < 4.78 is 5.48. The number of unbranched alkanes of at least 4 members (excludes halogenated alkanes) is 44. The van der Waals surface area contributed by atoms with Crippen molar-refractivity contribution in [2.24, 2.45) is 0 Å². The van der Waals surface area contributed by atoms with Crippen LogP contribution in [-0.2, 0) is 14.3 Å². The van der Waals surface area contributed by atoms with Gasteiger partial charge >= 0.3 is 5.97 Å². The van der Waals surface area contributed by atoms with E-state index in [0.29, 0.717) is 25.9 Å². The number of aliphatic hydroxyl groups excluding tert-OH is 2. The van der Waals surface area contributed by atoms with Crippen molar-refractivity contribution in [3.05, 3.63) is 36.5 Å². The van der Waals surface area contributed by atoms with Gasteiger partial charge in [0.2, 0.25) is 5.91 Å². The van der Waals surface area contributed by atoms with Crippen LogP contribution in [0, 0.1) is 0 Å². The molecule has 0 saturated heterocycles. The highest BCUT2D eigenvalue weighted by Crippen LogP contribution is 2.18. The molecule has 0 aliphatic carbocycles. The van der Waals surface area contributed by atoms with Gasteiger partial charge in [-0.05, 0) is 83.5 Å².